The number of carbonyl (C=O) groups is 1. The Morgan fingerprint density at radius 3 is 1.72 bits per heavy atom. The highest BCUT2D eigenvalue weighted by Crippen LogP contribution is 2.34. The number of nitrogens with two attached hydrogens (primary N) is 4. The molecule has 0 aromatic carbocycles. The highest BCUT2D eigenvalue weighted by molar-refractivity contribution is 5.76. The van der Waals surface area contributed by atoms with Crippen LogP contribution in [0.25, 0.3) is 0 Å². The standard InChI is InChI=1S/C26H49N5O16/c27-4-9-16(37)18(39)13(29)24(42-9)46-22-11(6-34)44-26(20(22)41)47-23-15(36)8(31-12(35)1-2-32)3-7(28)21(23)45-25-14(30)19(40)17(38)10(5-33)43-25/h7-11,13-26,32-34,36-41H,1-6,27-30H2,(H,31,35). The van der Waals surface area contributed by atoms with Gasteiger partial charge in [0.1, 0.15) is 73.2 Å². The van der Waals surface area contributed by atoms with E-state index in [4.69, 9.17) is 56.5 Å². The van der Waals surface area contributed by atoms with E-state index < -0.39 is 142 Å². The summed E-state index contributed by atoms with van der Waals surface area (Å²) in [6.45, 7) is -2.09. The van der Waals surface area contributed by atoms with Crippen LogP contribution in [0.2, 0.25) is 0 Å². The average Bonchev–Trinajstić information content (AvgIpc) is 3.34. The van der Waals surface area contributed by atoms with Crippen molar-refractivity contribution in [2.45, 2.75) is 129 Å². The zero-order valence-corrected chi connectivity index (χ0v) is 25.4. The lowest BCUT2D eigenvalue weighted by Crippen LogP contribution is -2.68. The van der Waals surface area contributed by atoms with Gasteiger partial charge in [-0.1, -0.05) is 0 Å². The first-order valence-electron chi connectivity index (χ1n) is 15.4. The zero-order valence-electron chi connectivity index (χ0n) is 25.4. The number of hydrogen-bond donors (Lipinski definition) is 14. The van der Waals surface area contributed by atoms with E-state index in [9.17, 15) is 45.6 Å². The van der Waals surface area contributed by atoms with Crippen LogP contribution in [0.4, 0.5) is 0 Å². The van der Waals surface area contributed by atoms with E-state index >= 15 is 0 Å². The van der Waals surface area contributed by atoms with E-state index in [1.165, 1.54) is 0 Å². The molecule has 274 valence electrons. The van der Waals surface area contributed by atoms with Crippen molar-refractivity contribution in [1.82, 2.24) is 5.32 Å². The number of rotatable bonds is 12. The highest BCUT2D eigenvalue weighted by Gasteiger charge is 2.55. The quantitative estimate of drug-likeness (QED) is 0.0905. The van der Waals surface area contributed by atoms with Crippen LogP contribution in [0.3, 0.4) is 0 Å². The van der Waals surface area contributed by atoms with Crippen LogP contribution in [0.5, 0.6) is 0 Å². The first kappa shape index (κ1) is 38.5. The number of aliphatic hydroxyl groups excluding tert-OH is 9. The van der Waals surface area contributed by atoms with Crippen LogP contribution in [-0.2, 0) is 33.2 Å². The number of ether oxygens (including phenoxy) is 6. The largest absolute Gasteiger partial charge is 0.396 e. The topological polar surface area (TPSA) is 371 Å². The lowest BCUT2D eigenvalue weighted by atomic mass is 9.83. The molecule has 3 aliphatic heterocycles. The predicted molar refractivity (Wildman–Crippen MR) is 152 cm³/mol. The minimum atomic E-state index is -1.71. The smallest absolute Gasteiger partial charge is 0.222 e. The van der Waals surface area contributed by atoms with E-state index in [1.54, 1.807) is 0 Å². The first-order valence-corrected chi connectivity index (χ1v) is 15.4. The molecule has 19 unspecified atom stereocenters. The van der Waals surface area contributed by atoms with Crippen LogP contribution in [0.1, 0.15) is 12.8 Å². The second kappa shape index (κ2) is 16.6. The molecule has 4 fully saturated rings. The number of nitrogens with one attached hydrogen (secondary N) is 1. The van der Waals surface area contributed by atoms with Crippen molar-refractivity contribution < 1.29 is 79.2 Å². The normalized spacial score (nSPS) is 49.2. The maximum Gasteiger partial charge on any atom is 0.222 e. The molecular weight excluding hydrogens is 638 g/mol. The van der Waals surface area contributed by atoms with Gasteiger partial charge >= 0.3 is 0 Å². The van der Waals surface area contributed by atoms with Gasteiger partial charge in [0.25, 0.3) is 0 Å². The Hall–Kier alpha value is -1.29. The van der Waals surface area contributed by atoms with E-state index in [0.717, 1.165) is 0 Å². The Morgan fingerprint density at radius 2 is 1.17 bits per heavy atom. The summed E-state index contributed by atoms with van der Waals surface area (Å²) in [5, 5.41) is 95.1. The zero-order chi connectivity index (χ0) is 34.7. The molecule has 21 nitrogen and oxygen atoms in total. The van der Waals surface area contributed by atoms with Crippen molar-refractivity contribution in [3.63, 3.8) is 0 Å². The SMILES string of the molecule is NCC1OC(OC2C(CO)OC(OC3C(O)C(NC(=O)CCO)CC(N)C3OC3OC(CO)C(O)C(O)C3N)C2O)C(N)C(O)C1O. The van der Waals surface area contributed by atoms with Gasteiger partial charge in [-0.2, -0.15) is 0 Å². The molecule has 1 aliphatic carbocycles. The number of amides is 1. The van der Waals surface area contributed by atoms with Gasteiger partial charge in [0, 0.05) is 19.0 Å². The summed E-state index contributed by atoms with van der Waals surface area (Å²) >= 11 is 0. The summed E-state index contributed by atoms with van der Waals surface area (Å²) in [4.78, 5) is 12.3. The summed E-state index contributed by atoms with van der Waals surface area (Å²) < 4.78 is 34.7. The minimum absolute atomic E-state index is 0.0914. The molecule has 0 bridgehead atoms. The molecule has 4 aliphatic rings. The Morgan fingerprint density at radius 1 is 0.660 bits per heavy atom. The summed E-state index contributed by atoms with van der Waals surface area (Å²) in [5.74, 6) is -0.611. The van der Waals surface area contributed by atoms with Gasteiger partial charge in [-0.15, -0.1) is 0 Å². The number of aliphatic hydroxyl groups is 9. The molecule has 1 amide bonds. The fourth-order valence-corrected chi connectivity index (χ4v) is 6.19. The second-order valence-electron chi connectivity index (χ2n) is 12.2. The minimum Gasteiger partial charge on any atom is -0.396 e. The Balaban J connectivity index is 1.56. The van der Waals surface area contributed by atoms with Gasteiger partial charge in [-0.3, -0.25) is 4.79 Å². The monoisotopic (exact) mass is 687 g/mol. The van der Waals surface area contributed by atoms with Gasteiger partial charge in [0.15, 0.2) is 18.9 Å². The van der Waals surface area contributed by atoms with Gasteiger partial charge < -0.3 is 103 Å². The van der Waals surface area contributed by atoms with Crippen LogP contribution >= 0.6 is 0 Å². The molecule has 4 rings (SSSR count). The average molecular weight is 688 g/mol. The fourth-order valence-electron chi connectivity index (χ4n) is 6.19. The maximum absolute atomic E-state index is 12.3. The predicted octanol–water partition coefficient (Wildman–Crippen LogP) is -9.32. The van der Waals surface area contributed by atoms with Crippen molar-refractivity contribution in [3.05, 3.63) is 0 Å². The molecule has 18 N–H and O–H groups in total. The Labute approximate surface area is 269 Å². The van der Waals surface area contributed by atoms with E-state index in [0.29, 0.717) is 0 Å². The third kappa shape index (κ3) is 8.20. The highest BCUT2D eigenvalue weighted by atomic mass is 16.8. The lowest BCUT2D eigenvalue weighted by molar-refractivity contribution is -0.311. The number of hydrogen-bond acceptors (Lipinski definition) is 20. The van der Waals surface area contributed by atoms with Crippen molar-refractivity contribution in [2.24, 2.45) is 22.9 Å². The van der Waals surface area contributed by atoms with Gasteiger partial charge in [0.2, 0.25) is 5.91 Å². The Bertz CT molecular complexity index is 1000. The van der Waals surface area contributed by atoms with E-state index in [2.05, 4.69) is 5.32 Å². The third-order valence-corrected chi connectivity index (χ3v) is 8.96. The molecule has 21 heteroatoms. The van der Waals surface area contributed by atoms with Crippen LogP contribution < -0.4 is 28.3 Å². The molecule has 0 radical (unpaired) electrons. The molecule has 47 heavy (non-hydrogen) atoms. The van der Waals surface area contributed by atoms with E-state index in [-0.39, 0.29) is 19.4 Å². The van der Waals surface area contributed by atoms with Crippen LogP contribution in [-0.4, -0.2) is 195 Å². The number of carbonyl (C=O) groups excluding carboxylic acids is 1. The summed E-state index contributed by atoms with van der Waals surface area (Å²) in [6, 6.07) is -4.74. The summed E-state index contributed by atoms with van der Waals surface area (Å²) in [5.41, 5.74) is 24.1. The van der Waals surface area contributed by atoms with Crippen molar-refractivity contribution in [3.8, 4) is 0 Å². The van der Waals surface area contributed by atoms with Crippen molar-refractivity contribution in [2.75, 3.05) is 26.4 Å². The molecule has 19 atom stereocenters. The van der Waals surface area contributed by atoms with Crippen molar-refractivity contribution in [1.29, 1.82) is 0 Å². The van der Waals surface area contributed by atoms with Gasteiger partial charge in [0.05, 0.1) is 37.9 Å². The Kier molecular flexibility index (Phi) is 13.6. The van der Waals surface area contributed by atoms with Gasteiger partial charge in [-0.05, 0) is 6.42 Å². The molecule has 1 saturated carbocycles. The first-order chi connectivity index (χ1) is 22.3. The summed E-state index contributed by atoms with van der Waals surface area (Å²) in [6.07, 6.45) is -22.2. The van der Waals surface area contributed by atoms with Crippen LogP contribution in [0.15, 0.2) is 0 Å². The second-order valence-corrected chi connectivity index (χ2v) is 12.2. The molecule has 0 aromatic rings. The molecular formula is C26H49N5O16. The third-order valence-electron chi connectivity index (χ3n) is 8.96. The molecule has 3 saturated heterocycles. The van der Waals surface area contributed by atoms with Gasteiger partial charge in [-0.25, -0.2) is 0 Å². The lowest BCUT2D eigenvalue weighted by Gasteiger charge is -2.47. The molecule has 0 spiro atoms. The molecule has 3 heterocycles. The van der Waals surface area contributed by atoms with Crippen molar-refractivity contribution >= 4 is 5.91 Å². The fraction of sp³-hybridized carbons (Fsp3) is 0.962. The maximum atomic E-state index is 12.3. The molecule has 0 aromatic heterocycles. The van der Waals surface area contributed by atoms with E-state index in [1.807, 2.05) is 0 Å². The van der Waals surface area contributed by atoms with Crippen LogP contribution in [0, 0.1) is 0 Å². The summed E-state index contributed by atoms with van der Waals surface area (Å²) in [7, 11) is 0.